The van der Waals surface area contributed by atoms with Gasteiger partial charge in [0.15, 0.2) is 0 Å². The van der Waals surface area contributed by atoms with Gasteiger partial charge in [-0.05, 0) is 12.8 Å². The zero-order valence-corrected chi connectivity index (χ0v) is 17.7. The summed E-state index contributed by atoms with van der Waals surface area (Å²) in [5, 5.41) is 8.82. The lowest BCUT2D eigenvalue weighted by molar-refractivity contribution is -0.148. The molecule has 0 saturated carbocycles. The molecule has 0 amide bonds. The van der Waals surface area contributed by atoms with Crippen molar-refractivity contribution in [1.29, 1.82) is 0 Å². The average molecular weight is 383 g/mol. The number of esters is 1. The van der Waals surface area contributed by atoms with Crippen LogP contribution in [0.3, 0.4) is 0 Å². The number of unbranched alkanes of at least 4 members (excludes halogenated alkanes) is 14. The number of allylic oxidation sites excluding steroid dienone is 1. The Labute approximate surface area is 166 Å². The molecule has 0 aromatic rings. The molecule has 158 valence electrons. The van der Waals surface area contributed by atoms with Crippen LogP contribution in [0.2, 0.25) is 0 Å². The summed E-state index contributed by atoms with van der Waals surface area (Å²) >= 11 is 0. The topological polar surface area (TPSA) is 63.6 Å². The van der Waals surface area contributed by atoms with E-state index in [0.717, 1.165) is 12.8 Å². The van der Waals surface area contributed by atoms with Gasteiger partial charge in [0.1, 0.15) is 0 Å². The highest BCUT2D eigenvalue weighted by atomic mass is 16.5. The second kappa shape index (κ2) is 19.4. The van der Waals surface area contributed by atoms with Crippen LogP contribution >= 0.6 is 0 Å². The highest BCUT2D eigenvalue weighted by molar-refractivity contribution is 5.80. The van der Waals surface area contributed by atoms with Gasteiger partial charge in [-0.3, -0.25) is 9.59 Å². The Hall–Kier alpha value is -1.32. The van der Waals surface area contributed by atoms with Crippen molar-refractivity contribution in [2.75, 3.05) is 7.11 Å². The van der Waals surface area contributed by atoms with Crippen LogP contribution in [0.15, 0.2) is 12.2 Å². The largest absolute Gasteiger partial charge is 0.481 e. The van der Waals surface area contributed by atoms with E-state index in [1.54, 1.807) is 6.08 Å². The molecule has 0 saturated heterocycles. The number of carboxylic acids is 1. The van der Waals surface area contributed by atoms with Crippen molar-refractivity contribution in [3.05, 3.63) is 12.2 Å². The van der Waals surface area contributed by atoms with Gasteiger partial charge in [-0.2, -0.15) is 0 Å². The van der Waals surface area contributed by atoms with Crippen molar-refractivity contribution >= 4 is 11.9 Å². The SMILES string of the molecule is CCCCCCCCCCCCCCCCC=CC(CC(=O)O)C(=O)OC. The minimum Gasteiger partial charge on any atom is -0.481 e. The molecule has 0 aliphatic rings. The van der Waals surface area contributed by atoms with E-state index < -0.39 is 17.9 Å². The third-order valence-corrected chi connectivity index (χ3v) is 4.99. The van der Waals surface area contributed by atoms with Crippen LogP contribution in [0.4, 0.5) is 0 Å². The lowest BCUT2D eigenvalue weighted by atomic mass is 10.0. The number of hydrogen-bond donors (Lipinski definition) is 1. The third-order valence-electron chi connectivity index (χ3n) is 4.99. The maximum Gasteiger partial charge on any atom is 0.313 e. The summed E-state index contributed by atoms with van der Waals surface area (Å²) in [4.78, 5) is 22.3. The molecule has 0 heterocycles. The molecule has 0 aliphatic carbocycles. The first kappa shape index (κ1) is 25.7. The number of hydrogen-bond acceptors (Lipinski definition) is 3. The van der Waals surface area contributed by atoms with Gasteiger partial charge in [0, 0.05) is 0 Å². The average Bonchev–Trinajstić information content (AvgIpc) is 2.65. The number of rotatable bonds is 19. The molecule has 1 N–H and O–H groups in total. The van der Waals surface area contributed by atoms with Crippen molar-refractivity contribution in [1.82, 2.24) is 0 Å². The second-order valence-corrected chi connectivity index (χ2v) is 7.54. The first-order chi connectivity index (χ1) is 13.1. The Morgan fingerprint density at radius 1 is 0.815 bits per heavy atom. The monoisotopic (exact) mass is 382 g/mol. The minimum absolute atomic E-state index is 0.206. The van der Waals surface area contributed by atoms with Crippen LogP contribution in [-0.2, 0) is 14.3 Å². The Morgan fingerprint density at radius 2 is 1.26 bits per heavy atom. The molecule has 1 atom stereocenters. The molecule has 0 aromatic carbocycles. The number of aliphatic carboxylic acids is 1. The summed E-state index contributed by atoms with van der Waals surface area (Å²) in [6.45, 7) is 2.26. The molecule has 0 fully saturated rings. The number of carbonyl (C=O) groups is 2. The molecule has 4 heteroatoms. The van der Waals surface area contributed by atoms with E-state index in [9.17, 15) is 9.59 Å². The van der Waals surface area contributed by atoms with E-state index in [1.807, 2.05) is 6.08 Å². The van der Waals surface area contributed by atoms with E-state index in [1.165, 1.54) is 90.6 Å². The molecule has 27 heavy (non-hydrogen) atoms. The van der Waals surface area contributed by atoms with Gasteiger partial charge >= 0.3 is 11.9 Å². The van der Waals surface area contributed by atoms with Gasteiger partial charge in [0.25, 0.3) is 0 Å². The zero-order valence-electron chi connectivity index (χ0n) is 17.7. The smallest absolute Gasteiger partial charge is 0.313 e. The summed E-state index contributed by atoms with van der Waals surface area (Å²) < 4.78 is 4.64. The highest BCUT2D eigenvalue weighted by Crippen LogP contribution is 2.14. The van der Waals surface area contributed by atoms with Crippen LogP contribution in [0.1, 0.15) is 110 Å². The van der Waals surface area contributed by atoms with Crippen LogP contribution in [0.25, 0.3) is 0 Å². The summed E-state index contributed by atoms with van der Waals surface area (Å²) in [7, 11) is 1.29. The quantitative estimate of drug-likeness (QED) is 0.154. The number of carboxylic acid groups (broad SMARTS) is 1. The molecule has 1 unspecified atom stereocenters. The van der Waals surface area contributed by atoms with E-state index >= 15 is 0 Å². The number of carbonyl (C=O) groups excluding carboxylic acids is 1. The van der Waals surface area contributed by atoms with Crippen LogP contribution in [0, 0.1) is 5.92 Å². The molecule has 0 rings (SSSR count). The maximum absolute atomic E-state index is 11.5. The van der Waals surface area contributed by atoms with E-state index in [4.69, 9.17) is 5.11 Å². The summed E-state index contributed by atoms with van der Waals surface area (Å²) in [6, 6.07) is 0. The van der Waals surface area contributed by atoms with Crippen molar-refractivity contribution in [2.24, 2.45) is 5.92 Å². The molecule has 0 spiro atoms. The second-order valence-electron chi connectivity index (χ2n) is 7.54. The fourth-order valence-corrected chi connectivity index (χ4v) is 3.29. The molecular weight excluding hydrogens is 340 g/mol. The van der Waals surface area contributed by atoms with Gasteiger partial charge in [-0.15, -0.1) is 0 Å². The Kier molecular flexibility index (Phi) is 18.5. The van der Waals surface area contributed by atoms with Crippen LogP contribution < -0.4 is 0 Å². The Bertz CT molecular complexity index is 390. The van der Waals surface area contributed by atoms with Gasteiger partial charge in [0.05, 0.1) is 19.4 Å². The fourth-order valence-electron chi connectivity index (χ4n) is 3.29. The molecule has 0 bridgehead atoms. The molecule has 0 aromatic heterocycles. The normalized spacial score (nSPS) is 12.4. The summed E-state index contributed by atoms with van der Waals surface area (Å²) in [5.74, 6) is -2.12. The highest BCUT2D eigenvalue weighted by Gasteiger charge is 2.18. The van der Waals surface area contributed by atoms with Crippen molar-refractivity contribution in [3.8, 4) is 0 Å². The fraction of sp³-hybridized carbons (Fsp3) is 0.826. The van der Waals surface area contributed by atoms with Gasteiger partial charge in [-0.1, -0.05) is 103 Å². The molecule has 4 nitrogen and oxygen atoms in total. The minimum atomic E-state index is -0.980. The van der Waals surface area contributed by atoms with Crippen molar-refractivity contribution < 1.29 is 19.4 Å². The predicted molar refractivity (Wildman–Crippen MR) is 112 cm³/mol. The first-order valence-electron chi connectivity index (χ1n) is 11.1. The zero-order chi connectivity index (χ0) is 20.2. The molecular formula is C23H42O4. The summed E-state index contributed by atoms with van der Waals surface area (Å²) in [6.07, 6.45) is 23.0. The first-order valence-corrected chi connectivity index (χ1v) is 11.1. The van der Waals surface area contributed by atoms with Gasteiger partial charge < -0.3 is 9.84 Å². The Balaban J connectivity index is 3.45. The Morgan fingerprint density at radius 3 is 1.67 bits per heavy atom. The van der Waals surface area contributed by atoms with Crippen molar-refractivity contribution in [2.45, 2.75) is 110 Å². The van der Waals surface area contributed by atoms with Gasteiger partial charge in [-0.25, -0.2) is 0 Å². The van der Waals surface area contributed by atoms with Crippen LogP contribution in [0.5, 0.6) is 0 Å². The van der Waals surface area contributed by atoms with Gasteiger partial charge in [0.2, 0.25) is 0 Å². The van der Waals surface area contributed by atoms with E-state index in [-0.39, 0.29) is 6.42 Å². The lowest BCUT2D eigenvalue weighted by Gasteiger charge is -2.07. The third kappa shape index (κ3) is 17.8. The van der Waals surface area contributed by atoms with Crippen LogP contribution in [-0.4, -0.2) is 24.2 Å². The lowest BCUT2D eigenvalue weighted by Crippen LogP contribution is -2.17. The predicted octanol–water partition coefficient (Wildman–Crippen LogP) is 6.68. The number of methoxy groups -OCH3 is 1. The molecule has 0 aliphatic heterocycles. The summed E-state index contributed by atoms with van der Waals surface area (Å²) in [5.41, 5.74) is 0. The molecule has 0 radical (unpaired) electrons. The van der Waals surface area contributed by atoms with Crippen molar-refractivity contribution in [3.63, 3.8) is 0 Å². The standard InChI is InChI=1S/C23H42O4/c1-3-4-5-6-7-8-9-10-11-12-13-14-15-16-17-18-19-21(20-22(24)25)23(26)27-2/h18-19,21H,3-17,20H2,1-2H3,(H,24,25). The number of ether oxygens (including phenoxy) is 1. The maximum atomic E-state index is 11.5. The van der Waals surface area contributed by atoms with E-state index in [0.29, 0.717) is 0 Å². The van der Waals surface area contributed by atoms with E-state index in [2.05, 4.69) is 11.7 Å².